The maximum absolute atomic E-state index is 15.0. The molecule has 4 atom stereocenters. The van der Waals surface area contributed by atoms with Crippen LogP contribution in [0.3, 0.4) is 0 Å². The summed E-state index contributed by atoms with van der Waals surface area (Å²) in [6, 6.07) is 9.11. The van der Waals surface area contributed by atoms with Gasteiger partial charge >= 0.3 is 0 Å². The van der Waals surface area contributed by atoms with Gasteiger partial charge in [0.1, 0.15) is 29.7 Å². The molecular weight excluding hydrogens is 564 g/mol. The minimum atomic E-state index is -1.40. The summed E-state index contributed by atoms with van der Waals surface area (Å²) in [4.78, 5) is 13.6. The number of benzene rings is 3. The fourth-order valence-corrected chi connectivity index (χ4v) is 4.80. The number of nitrogens with one attached hydrogen (secondary N) is 2. The van der Waals surface area contributed by atoms with Crippen LogP contribution in [-0.2, 0) is 11.2 Å². The van der Waals surface area contributed by atoms with Crippen LogP contribution in [0, 0.1) is 22.9 Å². The number of aliphatic hydroxyl groups excluding tert-OH is 1. The number of nitrogens with two attached hydrogens (primary N) is 2. The Hall–Kier alpha value is -2.66. The molecule has 11 heteroatoms. The van der Waals surface area contributed by atoms with E-state index >= 15 is 4.39 Å². The number of aliphatic hydroxyl groups is 1. The maximum Gasteiger partial charge on any atom is 0.243 e. The fraction of sp³-hybridized carbons (Fsp3) is 0.345. The maximum atomic E-state index is 15.0. The van der Waals surface area contributed by atoms with Gasteiger partial charge in [-0.3, -0.25) is 4.79 Å². The fourth-order valence-electron chi connectivity index (χ4n) is 4.46. The lowest BCUT2D eigenvalue weighted by atomic mass is 9.85. The SMILES string of the molecule is CC(C)(C)CC(Cc1ccc(Cl)cc1F)NC(C(=O)Nc1ccc(C(N)O)cc1F)C(N)c1cccc(Cl)c1F. The molecular formula is C29H33Cl2F3N4O2. The second kappa shape index (κ2) is 13.3. The molecule has 3 aromatic carbocycles. The van der Waals surface area contributed by atoms with Crippen molar-refractivity contribution in [1.29, 1.82) is 0 Å². The number of carbonyl (C=O) groups excluding carboxylic acids is 1. The molecule has 3 aromatic rings. The van der Waals surface area contributed by atoms with Crippen molar-refractivity contribution in [2.24, 2.45) is 16.9 Å². The van der Waals surface area contributed by atoms with Gasteiger partial charge in [-0.25, -0.2) is 13.2 Å². The van der Waals surface area contributed by atoms with Crippen LogP contribution >= 0.6 is 23.2 Å². The third-order valence-corrected chi connectivity index (χ3v) is 6.86. The molecule has 1 amide bonds. The van der Waals surface area contributed by atoms with Crippen LogP contribution in [0.2, 0.25) is 10.0 Å². The van der Waals surface area contributed by atoms with E-state index in [1.54, 1.807) is 12.1 Å². The second-order valence-corrected chi connectivity index (χ2v) is 11.7. The Balaban J connectivity index is 2.00. The minimum Gasteiger partial charge on any atom is -0.375 e. The van der Waals surface area contributed by atoms with Crippen LogP contribution in [0.25, 0.3) is 0 Å². The molecule has 0 aliphatic heterocycles. The summed E-state index contributed by atoms with van der Waals surface area (Å²) in [5, 5.41) is 15.3. The summed E-state index contributed by atoms with van der Waals surface area (Å²) >= 11 is 11.9. The van der Waals surface area contributed by atoms with Crippen molar-refractivity contribution >= 4 is 34.8 Å². The van der Waals surface area contributed by atoms with Gasteiger partial charge in [0.15, 0.2) is 0 Å². The van der Waals surface area contributed by atoms with Crippen LogP contribution in [0.4, 0.5) is 18.9 Å². The van der Waals surface area contributed by atoms with E-state index in [1.807, 2.05) is 20.8 Å². The highest BCUT2D eigenvalue weighted by Gasteiger charge is 2.33. The number of amides is 1. The average Bonchev–Trinajstić information content (AvgIpc) is 2.85. The van der Waals surface area contributed by atoms with Crippen molar-refractivity contribution in [3.63, 3.8) is 0 Å². The first-order chi connectivity index (χ1) is 18.7. The van der Waals surface area contributed by atoms with E-state index in [2.05, 4.69) is 10.6 Å². The lowest BCUT2D eigenvalue weighted by molar-refractivity contribution is -0.119. The summed E-state index contributed by atoms with van der Waals surface area (Å²) < 4.78 is 44.5. The van der Waals surface area contributed by atoms with Gasteiger partial charge in [-0.2, -0.15) is 0 Å². The Morgan fingerprint density at radius 3 is 2.30 bits per heavy atom. The molecule has 0 saturated carbocycles. The molecule has 0 fully saturated rings. The highest BCUT2D eigenvalue weighted by molar-refractivity contribution is 6.31. The molecule has 0 aliphatic carbocycles. The van der Waals surface area contributed by atoms with E-state index in [4.69, 9.17) is 34.7 Å². The Morgan fingerprint density at radius 2 is 1.70 bits per heavy atom. The van der Waals surface area contributed by atoms with Crippen molar-refractivity contribution in [3.8, 4) is 0 Å². The summed E-state index contributed by atoms with van der Waals surface area (Å²) in [6.45, 7) is 5.94. The van der Waals surface area contributed by atoms with Gasteiger partial charge in [0.05, 0.1) is 16.8 Å². The van der Waals surface area contributed by atoms with Crippen molar-refractivity contribution in [3.05, 3.63) is 98.8 Å². The van der Waals surface area contributed by atoms with Crippen LogP contribution < -0.4 is 22.1 Å². The largest absolute Gasteiger partial charge is 0.375 e. The van der Waals surface area contributed by atoms with Gasteiger partial charge in [0.25, 0.3) is 0 Å². The summed E-state index contributed by atoms with van der Waals surface area (Å²) in [5.41, 5.74) is 11.8. The molecule has 0 aliphatic rings. The normalized spacial score (nSPS) is 14.9. The molecule has 216 valence electrons. The number of anilines is 1. The molecule has 0 spiro atoms. The predicted octanol–water partition coefficient (Wildman–Crippen LogP) is 6.00. The molecule has 3 rings (SSSR count). The number of halogens is 5. The summed E-state index contributed by atoms with van der Waals surface area (Å²) in [6.07, 6.45) is -0.771. The monoisotopic (exact) mass is 596 g/mol. The first kappa shape index (κ1) is 31.9. The van der Waals surface area contributed by atoms with Crippen molar-refractivity contribution in [2.45, 2.75) is 58.0 Å². The van der Waals surface area contributed by atoms with Gasteiger partial charge in [0.2, 0.25) is 5.91 Å². The van der Waals surface area contributed by atoms with Crippen molar-refractivity contribution in [1.82, 2.24) is 5.32 Å². The van der Waals surface area contributed by atoms with E-state index in [-0.39, 0.29) is 38.7 Å². The third kappa shape index (κ3) is 8.42. The summed E-state index contributed by atoms with van der Waals surface area (Å²) in [7, 11) is 0. The smallest absolute Gasteiger partial charge is 0.243 e. The zero-order valence-electron chi connectivity index (χ0n) is 22.3. The van der Waals surface area contributed by atoms with Gasteiger partial charge in [-0.15, -0.1) is 0 Å². The number of rotatable bonds is 10. The standard InChI is InChI=1S/C29H33Cl2F3N4O2/c1-29(2,3)14-18(11-15-7-9-17(30)13-21(15)32)37-26(25(35)19-5-4-6-20(31)24(19)34)28(40)38-23-10-8-16(27(36)39)12-22(23)33/h4-10,12-13,18,25-27,37,39H,11,14,35-36H2,1-3H3,(H,38,40). The number of carbonyl (C=O) groups is 1. The predicted molar refractivity (Wildman–Crippen MR) is 152 cm³/mol. The second-order valence-electron chi connectivity index (χ2n) is 10.9. The zero-order chi connectivity index (χ0) is 29.8. The number of hydrogen-bond donors (Lipinski definition) is 5. The topological polar surface area (TPSA) is 113 Å². The van der Waals surface area contributed by atoms with Crippen molar-refractivity contribution < 1.29 is 23.1 Å². The Morgan fingerprint density at radius 1 is 1.00 bits per heavy atom. The van der Waals surface area contributed by atoms with Crippen LogP contribution in [-0.4, -0.2) is 23.1 Å². The van der Waals surface area contributed by atoms with Gasteiger partial charge in [0, 0.05) is 16.6 Å². The molecule has 0 heterocycles. The van der Waals surface area contributed by atoms with Crippen LogP contribution in [0.5, 0.6) is 0 Å². The van der Waals surface area contributed by atoms with Crippen molar-refractivity contribution in [2.75, 3.05) is 5.32 Å². The van der Waals surface area contributed by atoms with Crippen LogP contribution in [0.1, 0.15) is 56.2 Å². The van der Waals surface area contributed by atoms with Gasteiger partial charge in [-0.1, -0.05) is 68.2 Å². The highest BCUT2D eigenvalue weighted by atomic mass is 35.5. The van der Waals surface area contributed by atoms with E-state index in [1.165, 1.54) is 36.4 Å². The zero-order valence-corrected chi connectivity index (χ0v) is 23.8. The average molecular weight is 598 g/mol. The lowest BCUT2D eigenvalue weighted by Gasteiger charge is -2.33. The van der Waals surface area contributed by atoms with E-state index in [0.29, 0.717) is 12.0 Å². The Bertz CT molecular complexity index is 1350. The minimum absolute atomic E-state index is 0.0330. The molecule has 7 N–H and O–H groups in total. The molecule has 40 heavy (non-hydrogen) atoms. The first-order valence-corrected chi connectivity index (χ1v) is 13.4. The Kier molecular flexibility index (Phi) is 10.6. The lowest BCUT2D eigenvalue weighted by Crippen LogP contribution is -2.53. The quantitative estimate of drug-likeness (QED) is 0.184. The molecule has 4 unspecified atom stereocenters. The third-order valence-electron chi connectivity index (χ3n) is 6.33. The van der Waals surface area contributed by atoms with E-state index in [9.17, 15) is 18.7 Å². The summed E-state index contributed by atoms with van der Waals surface area (Å²) in [5.74, 6) is -2.91. The molecule has 0 radical (unpaired) electrons. The van der Waals surface area contributed by atoms with Crippen LogP contribution in [0.15, 0.2) is 54.6 Å². The molecule has 6 nitrogen and oxygen atoms in total. The molecule has 0 aromatic heterocycles. The molecule has 0 saturated heterocycles. The number of hydrogen-bond acceptors (Lipinski definition) is 5. The highest BCUT2D eigenvalue weighted by Crippen LogP contribution is 2.29. The molecule has 0 bridgehead atoms. The van der Waals surface area contributed by atoms with Gasteiger partial charge in [-0.05, 0) is 59.7 Å². The van der Waals surface area contributed by atoms with E-state index in [0.717, 1.165) is 6.07 Å². The first-order valence-electron chi connectivity index (χ1n) is 12.6. The van der Waals surface area contributed by atoms with Gasteiger partial charge < -0.3 is 27.2 Å². The Labute approximate surface area is 241 Å². The van der Waals surface area contributed by atoms with E-state index < -0.39 is 47.7 Å².